The van der Waals surface area contributed by atoms with Crippen molar-refractivity contribution in [3.63, 3.8) is 0 Å². The summed E-state index contributed by atoms with van der Waals surface area (Å²) in [6, 6.07) is 12.5. The molecule has 0 spiro atoms. The van der Waals surface area contributed by atoms with Crippen LogP contribution in [0.15, 0.2) is 54.6 Å². The molecule has 2 aromatic carbocycles. The Labute approximate surface area is 276 Å². The van der Waals surface area contributed by atoms with E-state index in [-0.39, 0.29) is 28.2 Å². The number of likely N-dealkylation sites (tertiary alicyclic amines) is 1. The third-order valence-electron chi connectivity index (χ3n) is 8.71. The fourth-order valence-corrected chi connectivity index (χ4v) is 7.51. The maximum absolute atomic E-state index is 14.3. The molecule has 3 aromatic rings. The SMILES string of the molecule is CC(C)(C)C(NC(=O)c1cc2cc(C(F)(F)P(=O)(O)O)ccc2s1)C(=O)N1CCCCCC1C(=O)N1CCOC(c2ccccc2)C1. The molecule has 2 aliphatic heterocycles. The van der Waals surface area contributed by atoms with E-state index >= 15 is 0 Å². The molecular weight excluding hydrogens is 651 g/mol. The molecule has 5 rings (SSSR count). The number of carbonyl (C=O) groups is 3. The van der Waals surface area contributed by atoms with Gasteiger partial charge in [-0.2, -0.15) is 8.78 Å². The molecule has 2 saturated heterocycles. The summed E-state index contributed by atoms with van der Waals surface area (Å²) in [5, 5.41) is 3.06. The van der Waals surface area contributed by atoms with Crippen LogP contribution in [0.2, 0.25) is 0 Å². The van der Waals surface area contributed by atoms with Crippen LogP contribution in [0.5, 0.6) is 0 Å². The molecule has 47 heavy (non-hydrogen) atoms. The van der Waals surface area contributed by atoms with Crippen molar-refractivity contribution in [2.24, 2.45) is 5.41 Å². The molecular formula is C33H40F2N3O7PS. The van der Waals surface area contributed by atoms with E-state index in [4.69, 9.17) is 14.5 Å². The van der Waals surface area contributed by atoms with Gasteiger partial charge < -0.3 is 29.6 Å². The minimum absolute atomic E-state index is 0.141. The van der Waals surface area contributed by atoms with E-state index in [1.165, 1.54) is 12.1 Å². The highest BCUT2D eigenvalue weighted by Crippen LogP contribution is 2.59. The van der Waals surface area contributed by atoms with Crippen molar-refractivity contribution in [1.82, 2.24) is 15.1 Å². The highest BCUT2D eigenvalue weighted by atomic mass is 32.1. The number of hydrogen-bond donors (Lipinski definition) is 3. The van der Waals surface area contributed by atoms with Gasteiger partial charge >= 0.3 is 13.3 Å². The molecule has 2 aliphatic rings. The Balaban J connectivity index is 1.36. The predicted octanol–water partition coefficient (Wildman–Crippen LogP) is 5.64. The molecule has 3 heterocycles. The van der Waals surface area contributed by atoms with Crippen molar-refractivity contribution in [2.45, 2.75) is 70.3 Å². The zero-order chi connectivity index (χ0) is 34.1. The topological polar surface area (TPSA) is 136 Å². The number of nitrogens with one attached hydrogen (secondary N) is 1. The number of benzene rings is 2. The van der Waals surface area contributed by atoms with E-state index in [9.17, 15) is 27.7 Å². The van der Waals surface area contributed by atoms with Crippen molar-refractivity contribution in [1.29, 1.82) is 0 Å². The Hall–Kier alpha value is -3.22. The van der Waals surface area contributed by atoms with Crippen molar-refractivity contribution < 1.29 is 42.3 Å². The number of alkyl halides is 2. The molecule has 1 aromatic heterocycles. The van der Waals surface area contributed by atoms with Crippen LogP contribution in [0.4, 0.5) is 8.78 Å². The first-order valence-electron chi connectivity index (χ1n) is 15.6. The van der Waals surface area contributed by atoms with Gasteiger partial charge in [0.1, 0.15) is 18.2 Å². The first-order valence-corrected chi connectivity index (χ1v) is 18.0. The highest BCUT2D eigenvalue weighted by molar-refractivity contribution is 7.52. The average molecular weight is 692 g/mol. The van der Waals surface area contributed by atoms with E-state index < -0.39 is 42.2 Å². The van der Waals surface area contributed by atoms with Crippen molar-refractivity contribution in [3.8, 4) is 0 Å². The van der Waals surface area contributed by atoms with Crippen LogP contribution in [0.3, 0.4) is 0 Å². The van der Waals surface area contributed by atoms with Crippen LogP contribution < -0.4 is 5.32 Å². The number of ether oxygens (including phenoxy) is 1. The van der Waals surface area contributed by atoms with Crippen LogP contribution in [0.1, 0.15) is 73.4 Å². The van der Waals surface area contributed by atoms with Crippen LogP contribution in [-0.4, -0.2) is 75.6 Å². The Morgan fingerprint density at radius 1 is 1.02 bits per heavy atom. The van der Waals surface area contributed by atoms with Gasteiger partial charge in [0, 0.05) is 23.4 Å². The molecule has 3 N–H and O–H groups in total. The normalized spacial score (nSPS) is 20.5. The van der Waals surface area contributed by atoms with Gasteiger partial charge in [0.15, 0.2) is 0 Å². The van der Waals surface area contributed by atoms with E-state index in [2.05, 4.69) is 5.32 Å². The lowest BCUT2D eigenvalue weighted by atomic mass is 9.85. The zero-order valence-electron chi connectivity index (χ0n) is 26.5. The fraction of sp³-hybridized carbons (Fsp3) is 0.485. The fourth-order valence-electron chi connectivity index (χ4n) is 6.09. The predicted molar refractivity (Wildman–Crippen MR) is 174 cm³/mol. The maximum atomic E-state index is 14.3. The van der Waals surface area contributed by atoms with E-state index in [0.717, 1.165) is 41.9 Å². The standard InChI is InChI=1S/C33H40F2N3O7PS/c1-32(2,3)28(36-29(39)27-19-22-18-23(13-14-26(22)47-27)33(34,35)46(42,43)44)31(41)38-15-9-5-8-12-24(38)30(40)37-16-17-45-25(20-37)21-10-6-4-7-11-21/h4,6-7,10-11,13-14,18-19,24-25,28H,5,8-9,12,15-17,20H2,1-3H3,(H,36,39)(H2,42,43,44). The van der Waals surface area contributed by atoms with Gasteiger partial charge in [0.25, 0.3) is 5.91 Å². The van der Waals surface area contributed by atoms with Gasteiger partial charge in [-0.15, -0.1) is 11.3 Å². The summed E-state index contributed by atoms with van der Waals surface area (Å²) < 4.78 is 46.5. The van der Waals surface area contributed by atoms with Gasteiger partial charge in [-0.1, -0.05) is 70.0 Å². The smallest absolute Gasteiger partial charge is 0.370 e. The molecule has 14 heteroatoms. The lowest BCUT2D eigenvalue weighted by Crippen LogP contribution is -2.60. The zero-order valence-corrected chi connectivity index (χ0v) is 28.2. The number of halogens is 2. The van der Waals surface area contributed by atoms with E-state index in [0.29, 0.717) is 43.8 Å². The average Bonchev–Trinajstić information content (AvgIpc) is 3.31. The molecule has 0 saturated carbocycles. The lowest BCUT2D eigenvalue weighted by molar-refractivity contribution is -0.152. The number of hydrogen-bond acceptors (Lipinski definition) is 6. The number of thiophene rings is 1. The lowest BCUT2D eigenvalue weighted by Gasteiger charge is -2.40. The monoisotopic (exact) mass is 691 g/mol. The molecule has 10 nitrogen and oxygen atoms in total. The van der Waals surface area contributed by atoms with E-state index in [1.54, 1.807) is 9.80 Å². The van der Waals surface area contributed by atoms with Crippen LogP contribution in [0.25, 0.3) is 10.1 Å². The molecule has 254 valence electrons. The molecule has 2 fully saturated rings. The number of morpholine rings is 1. The highest BCUT2D eigenvalue weighted by Gasteiger charge is 2.50. The number of fused-ring (bicyclic) bond motifs is 1. The number of amides is 3. The Kier molecular flexibility index (Phi) is 10.2. The second-order valence-electron chi connectivity index (χ2n) is 13.2. The Morgan fingerprint density at radius 2 is 1.74 bits per heavy atom. The number of nitrogens with zero attached hydrogens (tertiary/aromatic N) is 2. The maximum Gasteiger partial charge on any atom is 0.399 e. The molecule has 0 radical (unpaired) electrons. The second kappa shape index (κ2) is 13.7. The van der Waals surface area contributed by atoms with Crippen LogP contribution in [-0.2, 0) is 24.6 Å². The summed E-state index contributed by atoms with van der Waals surface area (Å²) in [5.41, 5.74) is -5.03. The van der Waals surface area contributed by atoms with Crippen LogP contribution >= 0.6 is 18.9 Å². The Morgan fingerprint density at radius 3 is 2.43 bits per heavy atom. The van der Waals surface area contributed by atoms with Gasteiger partial charge in [-0.25, -0.2) is 0 Å². The summed E-state index contributed by atoms with van der Waals surface area (Å²) in [6.07, 6.45) is 2.59. The molecule has 0 bridgehead atoms. The minimum Gasteiger partial charge on any atom is -0.370 e. The number of rotatable bonds is 7. The van der Waals surface area contributed by atoms with Crippen molar-refractivity contribution in [2.75, 3.05) is 26.2 Å². The number of carbonyl (C=O) groups excluding carboxylic acids is 3. The second-order valence-corrected chi connectivity index (χ2v) is 15.9. The first-order chi connectivity index (χ1) is 22.1. The summed E-state index contributed by atoms with van der Waals surface area (Å²) in [5.74, 6) is -1.11. The summed E-state index contributed by atoms with van der Waals surface area (Å²) >= 11 is 1.01. The van der Waals surface area contributed by atoms with Gasteiger partial charge in [0.2, 0.25) is 11.8 Å². The molecule has 3 atom stereocenters. The van der Waals surface area contributed by atoms with Gasteiger partial charge in [-0.3, -0.25) is 18.9 Å². The molecule has 3 unspecified atom stereocenters. The summed E-state index contributed by atoms with van der Waals surface area (Å²) in [6.45, 7) is 6.97. The van der Waals surface area contributed by atoms with Crippen molar-refractivity contribution in [3.05, 3.63) is 70.6 Å². The summed E-state index contributed by atoms with van der Waals surface area (Å²) in [4.78, 5) is 63.8. The third-order valence-corrected chi connectivity index (χ3v) is 10.8. The quantitative estimate of drug-likeness (QED) is 0.273. The third kappa shape index (κ3) is 7.60. The molecule has 0 aliphatic carbocycles. The largest absolute Gasteiger partial charge is 0.399 e. The Bertz CT molecular complexity index is 1670. The van der Waals surface area contributed by atoms with Crippen molar-refractivity contribution >= 4 is 46.7 Å². The van der Waals surface area contributed by atoms with E-state index in [1.807, 2.05) is 51.1 Å². The van der Waals surface area contributed by atoms with Gasteiger partial charge in [-0.05, 0) is 47.4 Å². The first kappa shape index (κ1) is 35.1. The summed E-state index contributed by atoms with van der Waals surface area (Å²) in [7, 11) is -5.77. The van der Waals surface area contributed by atoms with Gasteiger partial charge in [0.05, 0.1) is 18.0 Å². The minimum atomic E-state index is -5.77. The van der Waals surface area contributed by atoms with Crippen LogP contribution in [0, 0.1) is 5.41 Å². The molecule has 3 amide bonds.